The first kappa shape index (κ1) is 16.8. The first-order chi connectivity index (χ1) is 11.1. The quantitative estimate of drug-likeness (QED) is 0.825. The van der Waals surface area contributed by atoms with Gasteiger partial charge in [-0.15, -0.1) is 0 Å². The number of methoxy groups -OCH3 is 1. The molecule has 1 amide bonds. The summed E-state index contributed by atoms with van der Waals surface area (Å²) in [5.41, 5.74) is 1.84. The second-order valence-electron chi connectivity index (χ2n) is 5.26. The van der Waals surface area contributed by atoms with E-state index < -0.39 is 6.04 Å². The van der Waals surface area contributed by atoms with Crippen LogP contribution in [0.2, 0.25) is 0 Å². The Kier molecular flexibility index (Phi) is 5.97. The molecule has 1 atom stereocenters. The van der Waals surface area contributed by atoms with Crippen molar-refractivity contribution in [2.45, 2.75) is 19.4 Å². The SMILES string of the molecule is COc1ccc(CCNC(=O)[C@@H](C)Nc2ccc(F)cc2)cc1. The minimum atomic E-state index is -0.392. The van der Waals surface area contributed by atoms with Gasteiger partial charge < -0.3 is 15.4 Å². The molecule has 122 valence electrons. The van der Waals surface area contributed by atoms with E-state index in [2.05, 4.69) is 10.6 Å². The zero-order valence-corrected chi connectivity index (χ0v) is 13.3. The minimum absolute atomic E-state index is 0.0946. The topological polar surface area (TPSA) is 50.4 Å². The minimum Gasteiger partial charge on any atom is -0.497 e. The highest BCUT2D eigenvalue weighted by Crippen LogP contribution is 2.12. The number of rotatable bonds is 7. The maximum atomic E-state index is 12.8. The van der Waals surface area contributed by atoms with E-state index in [9.17, 15) is 9.18 Å². The van der Waals surface area contributed by atoms with Crippen LogP contribution in [0.1, 0.15) is 12.5 Å². The van der Waals surface area contributed by atoms with Gasteiger partial charge in [0.25, 0.3) is 0 Å². The van der Waals surface area contributed by atoms with E-state index in [1.165, 1.54) is 12.1 Å². The highest BCUT2D eigenvalue weighted by molar-refractivity contribution is 5.84. The molecule has 0 heterocycles. The molecule has 0 aromatic heterocycles. The highest BCUT2D eigenvalue weighted by atomic mass is 19.1. The summed E-state index contributed by atoms with van der Waals surface area (Å²) < 4.78 is 17.9. The Bertz CT molecular complexity index is 626. The average Bonchev–Trinajstić information content (AvgIpc) is 2.57. The van der Waals surface area contributed by atoms with Crippen LogP contribution >= 0.6 is 0 Å². The van der Waals surface area contributed by atoms with Gasteiger partial charge in [0.15, 0.2) is 0 Å². The number of carbonyl (C=O) groups is 1. The molecule has 0 bridgehead atoms. The Morgan fingerprint density at radius 3 is 2.39 bits per heavy atom. The highest BCUT2D eigenvalue weighted by Gasteiger charge is 2.11. The van der Waals surface area contributed by atoms with Crippen LogP contribution in [-0.4, -0.2) is 25.6 Å². The summed E-state index contributed by atoms with van der Waals surface area (Å²) in [4.78, 5) is 12.0. The molecule has 0 fully saturated rings. The van der Waals surface area contributed by atoms with Crippen molar-refractivity contribution in [3.63, 3.8) is 0 Å². The third-order valence-corrected chi connectivity index (χ3v) is 3.49. The summed E-state index contributed by atoms with van der Waals surface area (Å²) in [6, 6.07) is 13.3. The molecule has 0 saturated heterocycles. The third kappa shape index (κ3) is 5.29. The van der Waals surface area contributed by atoms with Gasteiger partial charge in [-0.1, -0.05) is 12.1 Å². The summed E-state index contributed by atoms with van der Waals surface area (Å²) in [5.74, 6) is 0.421. The number of ether oxygens (including phenoxy) is 1. The molecule has 0 aliphatic heterocycles. The largest absolute Gasteiger partial charge is 0.497 e. The van der Waals surface area contributed by atoms with Gasteiger partial charge in [0, 0.05) is 12.2 Å². The molecule has 0 aliphatic carbocycles. The van der Waals surface area contributed by atoms with Crippen LogP contribution in [0.15, 0.2) is 48.5 Å². The monoisotopic (exact) mass is 316 g/mol. The van der Waals surface area contributed by atoms with E-state index in [0.717, 1.165) is 17.7 Å². The van der Waals surface area contributed by atoms with E-state index in [-0.39, 0.29) is 11.7 Å². The summed E-state index contributed by atoms with van der Waals surface area (Å²) >= 11 is 0. The van der Waals surface area contributed by atoms with Crippen molar-refractivity contribution >= 4 is 11.6 Å². The summed E-state index contributed by atoms with van der Waals surface area (Å²) in [7, 11) is 1.63. The van der Waals surface area contributed by atoms with E-state index in [4.69, 9.17) is 4.74 Å². The summed E-state index contributed by atoms with van der Waals surface area (Å²) in [6.07, 6.45) is 0.749. The number of carbonyl (C=O) groups excluding carboxylic acids is 1. The zero-order chi connectivity index (χ0) is 16.7. The molecule has 0 unspecified atom stereocenters. The number of benzene rings is 2. The van der Waals surface area contributed by atoms with Gasteiger partial charge in [0.1, 0.15) is 17.6 Å². The molecule has 0 aliphatic rings. The zero-order valence-electron chi connectivity index (χ0n) is 13.3. The number of hydrogen-bond donors (Lipinski definition) is 2. The first-order valence-corrected chi connectivity index (χ1v) is 7.51. The van der Waals surface area contributed by atoms with Crippen LogP contribution in [0.4, 0.5) is 10.1 Å². The molecule has 5 heteroatoms. The smallest absolute Gasteiger partial charge is 0.242 e. The van der Waals surface area contributed by atoms with E-state index in [1.54, 1.807) is 26.2 Å². The Morgan fingerprint density at radius 2 is 1.78 bits per heavy atom. The Balaban J connectivity index is 1.75. The van der Waals surface area contributed by atoms with Crippen molar-refractivity contribution in [1.29, 1.82) is 0 Å². The van der Waals surface area contributed by atoms with Gasteiger partial charge in [-0.05, 0) is 55.3 Å². The van der Waals surface area contributed by atoms with E-state index in [0.29, 0.717) is 12.2 Å². The maximum absolute atomic E-state index is 12.8. The van der Waals surface area contributed by atoms with Crippen LogP contribution in [0.3, 0.4) is 0 Å². The van der Waals surface area contributed by atoms with Crippen molar-refractivity contribution < 1.29 is 13.9 Å². The molecule has 0 radical (unpaired) electrons. The molecular weight excluding hydrogens is 295 g/mol. The molecule has 2 aromatic rings. The van der Waals surface area contributed by atoms with Crippen molar-refractivity contribution in [3.05, 3.63) is 59.9 Å². The molecule has 0 spiro atoms. The van der Waals surface area contributed by atoms with Gasteiger partial charge in [0.05, 0.1) is 7.11 Å². The Morgan fingerprint density at radius 1 is 1.13 bits per heavy atom. The Labute approximate surface area is 135 Å². The van der Waals surface area contributed by atoms with Crippen molar-refractivity contribution in [2.75, 3.05) is 19.0 Å². The molecule has 23 heavy (non-hydrogen) atoms. The van der Waals surface area contributed by atoms with E-state index in [1.807, 2.05) is 24.3 Å². The lowest BCUT2D eigenvalue weighted by Crippen LogP contribution is -2.38. The van der Waals surface area contributed by atoms with Gasteiger partial charge in [-0.3, -0.25) is 4.79 Å². The maximum Gasteiger partial charge on any atom is 0.242 e. The van der Waals surface area contributed by atoms with Gasteiger partial charge in [-0.2, -0.15) is 0 Å². The number of amides is 1. The standard InChI is InChI=1S/C18H21FN2O2/c1-13(21-16-7-5-15(19)6-8-16)18(22)20-12-11-14-3-9-17(23-2)10-4-14/h3-10,13,21H,11-12H2,1-2H3,(H,20,22)/t13-/m1/s1. The lowest BCUT2D eigenvalue weighted by molar-refractivity contribution is -0.121. The van der Waals surface area contributed by atoms with Crippen LogP contribution in [-0.2, 0) is 11.2 Å². The number of halogens is 1. The van der Waals surface area contributed by atoms with Crippen LogP contribution in [0, 0.1) is 5.82 Å². The van der Waals surface area contributed by atoms with Gasteiger partial charge >= 0.3 is 0 Å². The normalized spacial score (nSPS) is 11.6. The molecule has 0 saturated carbocycles. The van der Waals surface area contributed by atoms with Gasteiger partial charge in [0.2, 0.25) is 5.91 Å². The van der Waals surface area contributed by atoms with Crippen LogP contribution in [0.25, 0.3) is 0 Å². The first-order valence-electron chi connectivity index (χ1n) is 7.51. The average molecular weight is 316 g/mol. The Hall–Kier alpha value is -2.56. The summed E-state index contributed by atoms with van der Waals surface area (Å²) in [6.45, 7) is 2.33. The molecule has 2 N–H and O–H groups in total. The number of anilines is 1. The van der Waals surface area contributed by atoms with Gasteiger partial charge in [-0.25, -0.2) is 4.39 Å². The predicted molar refractivity (Wildman–Crippen MR) is 89.2 cm³/mol. The molecule has 2 aromatic carbocycles. The lowest BCUT2D eigenvalue weighted by Gasteiger charge is -2.15. The summed E-state index contributed by atoms with van der Waals surface area (Å²) in [5, 5.41) is 5.92. The second kappa shape index (κ2) is 8.17. The fourth-order valence-corrected chi connectivity index (χ4v) is 2.14. The van der Waals surface area contributed by atoms with Crippen molar-refractivity contribution in [2.24, 2.45) is 0 Å². The van der Waals surface area contributed by atoms with Crippen molar-refractivity contribution in [3.8, 4) is 5.75 Å². The predicted octanol–water partition coefficient (Wildman–Crippen LogP) is 2.99. The fraction of sp³-hybridized carbons (Fsp3) is 0.278. The molecule has 4 nitrogen and oxygen atoms in total. The number of nitrogens with one attached hydrogen (secondary N) is 2. The lowest BCUT2D eigenvalue weighted by atomic mass is 10.1. The van der Waals surface area contributed by atoms with Crippen LogP contribution < -0.4 is 15.4 Å². The second-order valence-corrected chi connectivity index (χ2v) is 5.26. The van der Waals surface area contributed by atoms with Crippen LogP contribution in [0.5, 0.6) is 5.75 Å². The van der Waals surface area contributed by atoms with E-state index >= 15 is 0 Å². The fourth-order valence-electron chi connectivity index (χ4n) is 2.14. The molecular formula is C18H21FN2O2. The van der Waals surface area contributed by atoms with Crippen molar-refractivity contribution in [1.82, 2.24) is 5.32 Å². The number of hydrogen-bond acceptors (Lipinski definition) is 3. The third-order valence-electron chi connectivity index (χ3n) is 3.49. The molecule has 2 rings (SSSR count).